The van der Waals surface area contributed by atoms with Crippen LogP contribution >= 0.6 is 24.0 Å². The Kier molecular flexibility index (Phi) is 4.12. The standard InChI is InChI=1S/C7H11NS2.Cu/c1-5-4-7(2,3)10-6(9)8-5;/h4H,1-3H3,(H,8,9);/q;+2. The molecule has 4 heteroatoms. The predicted octanol–water partition coefficient (Wildman–Crippen LogP) is 2.29. The molecule has 0 aliphatic carbocycles. The minimum absolute atomic E-state index is 0. The average Bonchev–Trinajstić information content (AvgIpc) is 1.54. The van der Waals surface area contributed by atoms with Crippen LogP contribution in [0.15, 0.2) is 11.8 Å². The number of hydrogen-bond donors (Lipinski definition) is 1. The Labute approximate surface area is 87.9 Å². The molecule has 0 aromatic heterocycles. The van der Waals surface area contributed by atoms with Gasteiger partial charge in [-0.25, -0.2) is 0 Å². The number of thiocarbonyl (C=S) groups is 1. The molecule has 0 fully saturated rings. The Balaban J connectivity index is 0.000001000. The molecule has 1 aliphatic heterocycles. The largest absolute Gasteiger partial charge is 2.00 e. The van der Waals surface area contributed by atoms with Crippen LogP contribution in [0.3, 0.4) is 0 Å². The molecule has 65 valence electrons. The van der Waals surface area contributed by atoms with E-state index < -0.39 is 0 Å². The quantitative estimate of drug-likeness (QED) is 0.512. The smallest absolute Gasteiger partial charge is 0.345 e. The molecule has 0 spiro atoms. The summed E-state index contributed by atoms with van der Waals surface area (Å²) in [4.78, 5) is 0. The monoisotopic (exact) mass is 236 g/mol. The third-order valence-corrected chi connectivity index (χ3v) is 2.50. The summed E-state index contributed by atoms with van der Waals surface area (Å²) < 4.78 is 1.05. The number of nitrogens with one attached hydrogen (secondary N) is 1. The van der Waals surface area contributed by atoms with Gasteiger partial charge in [-0.05, 0) is 26.8 Å². The summed E-state index contributed by atoms with van der Waals surface area (Å²) in [6.07, 6.45) is 2.19. The van der Waals surface area contributed by atoms with Crippen molar-refractivity contribution in [1.29, 1.82) is 0 Å². The van der Waals surface area contributed by atoms with Crippen LogP contribution in [0.5, 0.6) is 0 Å². The fourth-order valence-electron chi connectivity index (χ4n) is 1.01. The van der Waals surface area contributed by atoms with Crippen molar-refractivity contribution in [3.8, 4) is 0 Å². The first kappa shape index (κ1) is 11.5. The van der Waals surface area contributed by atoms with Gasteiger partial charge in [0.25, 0.3) is 0 Å². The van der Waals surface area contributed by atoms with E-state index >= 15 is 0 Å². The van der Waals surface area contributed by atoms with Crippen molar-refractivity contribution in [2.24, 2.45) is 0 Å². The van der Waals surface area contributed by atoms with Crippen molar-refractivity contribution in [3.63, 3.8) is 0 Å². The van der Waals surface area contributed by atoms with Gasteiger partial charge in [0.15, 0.2) is 0 Å². The van der Waals surface area contributed by atoms with Crippen molar-refractivity contribution in [2.45, 2.75) is 25.5 Å². The molecule has 0 bridgehead atoms. The summed E-state index contributed by atoms with van der Waals surface area (Å²) in [5.41, 5.74) is 1.16. The molecule has 1 N–H and O–H groups in total. The number of thioether (sulfide) groups is 1. The maximum atomic E-state index is 5.04. The Morgan fingerprint density at radius 1 is 1.55 bits per heavy atom. The van der Waals surface area contributed by atoms with Crippen LogP contribution in [-0.2, 0) is 17.1 Å². The van der Waals surface area contributed by atoms with E-state index in [-0.39, 0.29) is 21.8 Å². The molecule has 11 heavy (non-hydrogen) atoms. The Bertz CT molecular complexity index is 199. The molecule has 0 atom stereocenters. The zero-order valence-electron chi connectivity index (χ0n) is 6.70. The third-order valence-electron chi connectivity index (χ3n) is 1.22. The van der Waals surface area contributed by atoms with Gasteiger partial charge in [-0.15, -0.1) is 0 Å². The first-order chi connectivity index (χ1) is 4.49. The van der Waals surface area contributed by atoms with E-state index in [2.05, 4.69) is 25.2 Å². The van der Waals surface area contributed by atoms with E-state index in [4.69, 9.17) is 12.2 Å². The predicted molar refractivity (Wildman–Crippen MR) is 51.2 cm³/mol. The Morgan fingerprint density at radius 2 is 2.09 bits per heavy atom. The van der Waals surface area contributed by atoms with E-state index in [1.54, 1.807) is 11.8 Å². The van der Waals surface area contributed by atoms with E-state index in [0.717, 1.165) is 10.0 Å². The molecule has 0 aromatic rings. The van der Waals surface area contributed by atoms with Gasteiger partial charge < -0.3 is 5.32 Å². The average molecular weight is 237 g/mol. The molecule has 1 radical (unpaired) electrons. The zero-order valence-corrected chi connectivity index (χ0v) is 9.27. The van der Waals surface area contributed by atoms with Crippen LogP contribution < -0.4 is 5.32 Å². The van der Waals surface area contributed by atoms with Crippen molar-refractivity contribution >= 4 is 28.3 Å². The molecular formula is C7H11CuNS2+2. The Morgan fingerprint density at radius 3 is 2.45 bits per heavy atom. The fourth-order valence-corrected chi connectivity index (χ4v) is 2.74. The van der Waals surface area contributed by atoms with Crippen LogP contribution in [0.25, 0.3) is 0 Å². The van der Waals surface area contributed by atoms with E-state index in [1.807, 2.05) is 6.92 Å². The zero-order chi connectivity index (χ0) is 7.78. The molecule has 1 nitrogen and oxygen atoms in total. The van der Waals surface area contributed by atoms with Crippen molar-refractivity contribution in [3.05, 3.63) is 11.8 Å². The van der Waals surface area contributed by atoms with Crippen LogP contribution in [0, 0.1) is 0 Å². The van der Waals surface area contributed by atoms with Crippen LogP contribution in [0.4, 0.5) is 0 Å². The second kappa shape index (κ2) is 3.94. The van der Waals surface area contributed by atoms with Crippen molar-refractivity contribution in [1.82, 2.24) is 5.32 Å². The topological polar surface area (TPSA) is 12.0 Å². The summed E-state index contributed by atoms with van der Waals surface area (Å²) in [6.45, 7) is 6.36. The molecule has 1 heterocycles. The summed E-state index contributed by atoms with van der Waals surface area (Å²) in [7, 11) is 0. The molecule has 1 rings (SSSR count). The SMILES string of the molecule is CC1=CC(C)(C)SC(=S)N1.[Cu+2]. The maximum absolute atomic E-state index is 5.04. The van der Waals surface area contributed by atoms with E-state index in [0.29, 0.717) is 0 Å². The maximum Gasteiger partial charge on any atom is 2.00 e. The molecule has 0 saturated heterocycles. The minimum Gasteiger partial charge on any atom is -0.345 e. The van der Waals surface area contributed by atoms with Crippen LogP contribution in [0.2, 0.25) is 0 Å². The first-order valence-corrected chi connectivity index (χ1v) is 4.41. The van der Waals surface area contributed by atoms with Crippen LogP contribution in [0.1, 0.15) is 20.8 Å². The van der Waals surface area contributed by atoms with Crippen molar-refractivity contribution < 1.29 is 17.1 Å². The molecule has 0 unspecified atom stereocenters. The molecular weight excluding hydrogens is 226 g/mol. The van der Waals surface area contributed by atoms with Gasteiger partial charge in [-0.2, -0.15) is 0 Å². The van der Waals surface area contributed by atoms with E-state index in [1.165, 1.54) is 0 Å². The minimum atomic E-state index is 0. The van der Waals surface area contributed by atoms with Gasteiger partial charge >= 0.3 is 17.1 Å². The number of hydrogen-bond acceptors (Lipinski definition) is 2. The summed E-state index contributed by atoms with van der Waals surface area (Å²) in [6, 6.07) is 0. The van der Waals surface area contributed by atoms with Gasteiger partial charge in [0.2, 0.25) is 0 Å². The normalized spacial score (nSPS) is 21.4. The molecule has 0 saturated carbocycles. The molecule has 1 aliphatic rings. The Hall–Kier alpha value is 0.499. The van der Waals surface area contributed by atoms with E-state index in [9.17, 15) is 0 Å². The number of allylic oxidation sites excluding steroid dienone is 1. The summed E-state index contributed by atoms with van der Waals surface area (Å²) in [5, 5.41) is 3.09. The van der Waals surface area contributed by atoms with Gasteiger partial charge in [0.05, 0.1) is 0 Å². The van der Waals surface area contributed by atoms with Gasteiger partial charge in [0, 0.05) is 10.4 Å². The fraction of sp³-hybridized carbons (Fsp3) is 0.571. The molecule has 0 aromatic carbocycles. The number of rotatable bonds is 0. The van der Waals surface area contributed by atoms with Crippen LogP contribution in [-0.4, -0.2) is 9.07 Å². The second-order valence-corrected chi connectivity index (χ2v) is 5.28. The second-order valence-electron chi connectivity index (χ2n) is 2.95. The third kappa shape index (κ3) is 3.61. The van der Waals surface area contributed by atoms with Crippen molar-refractivity contribution in [2.75, 3.05) is 0 Å². The van der Waals surface area contributed by atoms with Gasteiger partial charge in [-0.1, -0.05) is 24.0 Å². The van der Waals surface area contributed by atoms with Gasteiger partial charge in [0.1, 0.15) is 4.32 Å². The summed E-state index contributed by atoms with van der Waals surface area (Å²) >= 11 is 6.73. The molecule has 0 amide bonds. The first-order valence-electron chi connectivity index (χ1n) is 3.19. The van der Waals surface area contributed by atoms with Gasteiger partial charge in [-0.3, -0.25) is 0 Å². The summed E-state index contributed by atoms with van der Waals surface area (Å²) in [5.74, 6) is 0.